The average Bonchev–Trinajstić information content (AvgIpc) is 2.91. The monoisotopic (exact) mass is 264 g/mol. The molecule has 0 spiro atoms. The number of carbonyl (C=O) groups is 2. The van der Waals surface area contributed by atoms with Gasteiger partial charge in [-0.3, -0.25) is 0 Å². The van der Waals surface area contributed by atoms with Crippen molar-refractivity contribution in [2.45, 2.75) is 12.5 Å². The van der Waals surface area contributed by atoms with Crippen LogP contribution in [0, 0.1) is 0 Å². The van der Waals surface area contributed by atoms with Crippen LogP contribution in [0.5, 0.6) is 0 Å². The average molecular weight is 264 g/mol. The highest BCUT2D eigenvalue weighted by atomic mass is 16.6. The fourth-order valence-corrected chi connectivity index (χ4v) is 2.23. The summed E-state index contributed by atoms with van der Waals surface area (Å²) >= 11 is 0. The molecule has 1 heterocycles. The Hall–Kier alpha value is -2.24. The molecule has 1 fully saturated rings. The van der Waals surface area contributed by atoms with Crippen LogP contribution in [0.2, 0.25) is 0 Å². The van der Waals surface area contributed by atoms with E-state index in [0.717, 1.165) is 5.56 Å². The van der Waals surface area contributed by atoms with E-state index in [1.165, 1.54) is 24.2 Å². The summed E-state index contributed by atoms with van der Waals surface area (Å²) in [4.78, 5) is 23.6. The van der Waals surface area contributed by atoms with Crippen molar-refractivity contribution in [2.24, 2.45) is 0 Å². The maximum Gasteiger partial charge on any atom is 0.429 e. The Kier molecular flexibility index (Phi) is 3.89. The summed E-state index contributed by atoms with van der Waals surface area (Å²) in [6.07, 6.45) is -0.491. The van der Waals surface area contributed by atoms with Crippen molar-refractivity contribution in [2.75, 3.05) is 20.8 Å². The van der Waals surface area contributed by atoms with Gasteiger partial charge in [-0.2, -0.15) is 0 Å². The van der Waals surface area contributed by atoms with E-state index in [2.05, 4.69) is 4.74 Å². The Balaban J connectivity index is 2.29. The van der Waals surface area contributed by atoms with Crippen LogP contribution in [0.3, 0.4) is 0 Å². The number of amides is 2. The van der Waals surface area contributed by atoms with Crippen molar-refractivity contribution in [3.8, 4) is 0 Å². The molecule has 1 atom stereocenters. The molecule has 102 valence electrons. The number of hydrazine groups is 1. The number of ether oxygens (including phenoxy) is 2. The predicted octanol–water partition coefficient (Wildman–Crippen LogP) is 2.18. The highest BCUT2D eigenvalue weighted by Crippen LogP contribution is 2.33. The molecule has 1 aromatic rings. The van der Waals surface area contributed by atoms with Gasteiger partial charge >= 0.3 is 12.2 Å². The fourth-order valence-electron chi connectivity index (χ4n) is 2.23. The summed E-state index contributed by atoms with van der Waals surface area (Å²) in [6.45, 7) is 0.418. The van der Waals surface area contributed by atoms with Crippen LogP contribution in [0.4, 0.5) is 9.59 Å². The van der Waals surface area contributed by atoms with Crippen LogP contribution in [0.15, 0.2) is 30.3 Å². The third-order valence-corrected chi connectivity index (χ3v) is 3.10. The molecule has 0 N–H and O–H groups in total. The lowest BCUT2D eigenvalue weighted by molar-refractivity contribution is 0.00247. The largest absolute Gasteiger partial charge is 0.452 e. The zero-order valence-electron chi connectivity index (χ0n) is 10.9. The second-order valence-electron chi connectivity index (χ2n) is 4.12. The third kappa shape index (κ3) is 2.47. The van der Waals surface area contributed by atoms with E-state index in [1.807, 2.05) is 30.3 Å². The predicted molar refractivity (Wildman–Crippen MR) is 67.2 cm³/mol. The van der Waals surface area contributed by atoms with Gasteiger partial charge in [0.25, 0.3) is 0 Å². The Morgan fingerprint density at radius 3 is 2.32 bits per heavy atom. The minimum atomic E-state index is -0.572. The van der Waals surface area contributed by atoms with Gasteiger partial charge in [0, 0.05) is 6.54 Å². The summed E-state index contributed by atoms with van der Waals surface area (Å²) in [5.74, 6) is 0. The number of rotatable bonds is 1. The van der Waals surface area contributed by atoms with Crippen molar-refractivity contribution in [3.63, 3.8) is 0 Å². The minimum absolute atomic E-state index is 0.215. The lowest BCUT2D eigenvalue weighted by Crippen LogP contribution is -2.45. The van der Waals surface area contributed by atoms with Crippen molar-refractivity contribution < 1.29 is 19.1 Å². The zero-order chi connectivity index (χ0) is 13.8. The lowest BCUT2D eigenvalue weighted by Gasteiger charge is -2.29. The molecule has 1 unspecified atom stereocenters. The Labute approximate surface area is 111 Å². The number of nitrogens with zero attached hydrogens (tertiary/aromatic N) is 2. The van der Waals surface area contributed by atoms with Gasteiger partial charge in [-0.15, -0.1) is 0 Å². The van der Waals surface area contributed by atoms with Gasteiger partial charge in [-0.1, -0.05) is 30.3 Å². The SMILES string of the molecule is COC(=O)N1CCC(c2ccccc2)N1C(=O)OC. The molecule has 0 aromatic heterocycles. The second kappa shape index (κ2) is 5.60. The molecule has 6 nitrogen and oxygen atoms in total. The van der Waals surface area contributed by atoms with E-state index in [0.29, 0.717) is 13.0 Å². The van der Waals surface area contributed by atoms with Gasteiger partial charge in [0.2, 0.25) is 0 Å². The highest BCUT2D eigenvalue weighted by Gasteiger charge is 2.40. The Morgan fingerprint density at radius 1 is 1.11 bits per heavy atom. The standard InChI is InChI=1S/C13H16N2O4/c1-18-12(16)14-9-8-11(15(14)13(17)19-2)10-6-4-3-5-7-10/h3-7,11H,8-9H2,1-2H3. The number of hydrogen-bond acceptors (Lipinski definition) is 4. The molecule has 1 aromatic carbocycles. The lowest BCUT2D eigenvalue weighted by atomic mass is 10.1. The van der Waals surface area contributed by atoms with Crippen LogP contribution < -0.4 is 0 Å². The Morgan fingerprint density at radius 2 is 1.74 bits per heavy atom. The first-order chi connectivity index (χ1) is 9.19. The van der Waals surface area contributed by atoms with Gasteiger partial charge in [-0.25, -0.2) is 19.6 Å². The molecule has 0 saturated carbocycles. The molecule has 2 rings (SSSR count). The molecule has 1 saturated heterocycles. The molecule has 6 heteroatoms. The maximum absolute atomic E-state index is 11.9. The minimum Gasteiger partial charge on any atom is -0.452 e. The first-order valence-corrected chi connectivity index (χ1v) is 5.96. The molecule has 1 aliphatic heterocycles. The highest BCUT2D eigenvalue weighted by molar-refractivity contribution is 5.75. The number of benzene rings is 1. The number of carbonyl (C=O) groups excluding carboxylic acids is 2. The van der Waals surface area contributed by atoms with E-state index in [-0.39, 0.29) is 6.04 Å². The fraction of sp³-hybridized carbons (Fsp3) is 0.385. The quantitative estimate of drug-likeness (QED) is 0.780. The molecular formula is C13H16N2O4. The van der Waals surface area contributed by atoms with Crippen molar-refractivity contribution in [3.05, 3.63) is 35.9 Å². The first kappa shape index (κ1) is 13.2. The van der Waals surface area contributed by atoms with Crippen LogP contribution in [0.25, 0.3) is 0 Å². The third-order valence-electron chi connectivity index (χ3n) is 3.10. The molecule has 1 aliphatic rings. The van der Waals surface area contributed by atoms with E-state index >= 15 is 0 Å². The number of hydrogen-bond donors (Lipinski definition) is 0. The van der Waals surface area contributed by atoms with Crippen LogP contribution >= 0.6 is 0 Å². The van der Waals surface area contributed by atoms with Gasteiger partial charge in [-0.05, 0) is 12.0 Å². The molecular weight excluding hydrogens is 248 g/mol. The summed E-state index contributed by atoms with van der Waals surface area (Å²) in [7, 11) is 2.58. The normalized spacial score (nSPS) is 18.3. The molecule has 0 aliphatic carbocycles. The molecule has 19 heavy (non-hydrogen) atoms. The number of methoxy groups -OCH3 is 2. The van der Waals surface area contributed by atoms with Crippen molar-refractivity contribution in [1.29, 1.82) is 0 Å². The van der Waals surface area contributed by atoms with Crippen LogP contribution in [-0.4, -0.2) is 43.0 Å². The van der Waals surface area contributed by atoms with Gasteiger partial charge in [0.15, 0.2) is 0 Å². The topological polar surface area (TPSA) is 59.1 Å². The van der Waals surface area contributed by atoms with Gasteiger partial charge < -0.3 is 9.47 Å². The molecule has 0 radical (unpaired) electrons. The Bertz CT molecular complexity index is 463. The second-order valence-corrected chi connectivity index (χ2v) is 4.12. The van der Waals surface area contributed by atoms with Crippen LogP contribution in [-0.2, 0) is 9.47 Å². The van der Waals surface area contributed by atoms with Crippen LogP contribution in [0.1, 0.15) is 18.0 Å². The molecule has 2 amide bonds. The van der Waals surface area contributed by atoms with E-state index < -0.39 is 12.2 Å². The van der Waals surface area contributed by atoms with Crippen molar-refractivity contribution in [1.82, 2.24) is 10.0 Å². The van der Waals surface area contributed by atoms with Crippen molar-refractivity contribution >= 4 is 12.2 Å². The summed E-state index contributed by atoms with van der Waals surface area (Å²) in [5.41, 5.74) is 0.958. The first-order valence-electron chi connectivity index (χ1n) is 5.96. The van der Waals surface area contributed by atoms with E-state index in [4.69, 9.17) is 4.74 Å². The maximum atomic E-state index is 11.9. The van der Waals surface area contributed by atoms with Gasteiger partial charge in [0.1, 0.15) is 0 Å². The zero-order valence-corrected chi connectivity index (χ0v) is 10.9. The molecule has 0 bridgehead atoms. The summed E-state index contributed by atoms with van der Waals surface area (Å²) in [6, 6.07) is 9.31. The summed E-state index contributed by atoms with van der Waals surface area (Å²) in [5, 5.41) is 2.57. The smallest absolute Gasteiger partial charge is 0.429 e. The van der Waals surface area contributed by atoms with E-state index in [1.54, 1.807) is 0 Å². The summed E-state index contributed by atoms with van der Waals surface area (Å²) < 4.78 is 9.43. The van der Waals surface area contributed by atoms with Gasteiger partial charge in [0.05, 0.1) is 20.3 Å². The van der Waals surface area contributed by atoms with E-state index in [9.17, 15) is 9.59 Å².